The van der Waals surface area contributed by atoms with Gasteiger partial charge in [0, 0.05) is 6.07 Å². The van der Waals surface area contributed by atoms with Crippen LogP contribution in [0, 0.1) is 5.41 Å². The summed E-state index contributed by atoms with van der Waals surface area (Å²) < 4.78 is 16.5. The third-order valence-corrected chi connectivity index (χ3v) is 7.07. The summed E-state index contributed by atoms with van der Waals surface area (Å²) in [5.74, 6) is 1.27. The van der Waals surface area contributed by atoms with Crippen molar-refractivity contribution in [3.8, 4) is 11.8 Å². The Morgan fingerprint density at radius 1 is 1.15 bits per heavy atom. The molecule has 1 N–H and O–H groups in total. The smallest absolute Gasteiger partial charge is 0.337 e. The highest BCUT2D eigenvalue weighted by molar-refractivity contribution is 5.75. The molecule has 0 saturated heterocycles. The molecule has 0 amide bonds. The lowest BCUT2D eigenvalue weighted by atomic mass is 9.80. The van der Waals surface area contributed by atoms with Gasteiger partial charge in [0.25, 0.3) is 11.6 Å². The number of rotatable bonds is 10. The van der Waals surface area contributed by atoms with Gasteiger partial charge in [-0.15, -0.1) is 0 Å². The fourth-order valence-corrected chi connectivity index (χ4v) is 4.90. The number of hydrogen-bond acceptors (Lipinski definition) is 6. The van der Waals surface area contributed by atoms with Crippen LogP contribution in [0.4, 0.5) is 0 Å². The maximum atomic E-state index is 12.4. The van der Waals surface area contributed by atoms with Crippen molar-refractivity contribution in [2.24, 2.45) is 5.41 Å². The van der Waals surface area contributed by atoms with E-state index in [0.717, 1.165) is 5.75 Å². The molecule has 2 aromatic heterocycles. The van der Waals surface area contributed by atoms with Crippen molar-refractivity contribution < 1.29 is 13.9 Å². The van der Waals surface area contributed by atoms with Crippen molar-refractivity contribution in [2.45, 2.75) is 71.6 Å². The number of nitrogens with zero attached hydrogens (tertiary/aromatic N) is 1. The Kier molecular flexibility index (Phi) is 7.39. The average molecular weight is 467 g/mol. The summed E-state index contributed by atoms with van der Waals surface area (Å²) in [4.78, 5) is 30.9. The minimum atomic E-state index is -0.539. The molecule has 3 aromatic rings. The molecule has 34 heavy (non-hydrogen) atoms. The fourth-order valence-electron chi connectivity index (χ4n) is 4.90. The van der Waals surface area contributed by atoms with Gasteiger partial charge in [-0.1, -0.05) is 45.7 Å². The van der Waals surface area contributed by atoms with Crippen molar-refractivity contribution in [3.63, 3.8) is 0 Å². The summed E-state index contributed by atoms with van der Waals surface area (Å²) in [6.45, 7) is 7.05. The van der Waals surface area contributed by atoms with Crippen LogP contribution in [0.2, 0.25) is 0 Å². The zero-order chi connectivity index (χ0) is 24.1. The third-order valence-electron chi connectivity index (χ3n) is 7.07. The standard InChI is InChI=1S/C27H34N2O5/c1-4-19-17-22(30)34-25-23(19)24(31)28-26(29-25)33-15-14-32-21-9-7-8-20(16-21)18(2)10-13-27(3)11-5-6-12-27/h7-9,16-18H,4-6,10-15H2,1-3H3,(H,28,29,31). The average Bonchev–Trinajstić information content (AvgIpc) is 3.26. The maximum Gasteiger partial charge on any atom is 0.337 e. The van der Waals surface area contributed by atoms with Crippen LogP contribution < -0.4 is 20.7 Å². The van der Waals surface area contributed by atoms with Gasteiger partial charge in [-0.3, -0.25) is 9.78 Å². The van der Waals surface area contributed by atoms with E-state index in [1.54, 1.807) is 0 Å². The second-order valence-corrected chi connectivity index (χ2v) is 9.72. The van der Waals surface area contributed by atoms with Gasteiger partial charge in [-0.2, -0.15) is 4.98 Å². The largest absolute Gasteiger partial charge is 0.490 e. The number of aryl methyl sites for hydroxylation is 1. The number of aromatic nitrogens is 2. The number of H-pyrrole nitrogens is 1. The maximum absolute atomic E-state index is 12.4. The number of benzene rings is 1. The van der Waals surface area contributed by atoms with Gasteiger partial charge in [0.05, 0.1) is 0 Å². The van der Waals surface area contributed by atoms with E-state index in [9.17, 15) is 9.59 Å². The molecule has 1 atom stereocenters. The molecule has 2 heterocycles. The Bertz CT molecular complexity index is 1240. The van der Waals surface area contributed by atoms with Gasteiger partial charge in [0.2, 0.25) is 5.71 Å². The van der Waals surface area contributed by atoms with Crippen molar-refractivity contribution in [1.29, 1.82) is 0 Å². The Morgan fingerprint density at radius 3 is 2.68 bits per heavy atom. The lowest BCUT2D eigenvalue weighted by molar-refractivity contribution is 0.205. The molecule has 7 nitrogen and oxygen atoms in total. The normalized spacial score (nSPS) is 16.0. The number of hydrogen-bond donors (Lipinski definition) is 1. The summed E-state index contributed by atoms with van der Waals surface area (Å²) in [6, 6.07) is 9.53. The molecule has 4 rings (SSSR count). The summed E-state index contributed by atoms with van der Waals surface area (Å²) in [7, 11) is 0. The highest BCUT2D eigenvalue weighted by Crippen LogP contribution is 2.43. The zero-order valence-corrected chi connectivity index (χ0v) is 20.3. The number of nitrogens with one attached hydrogen (secondary N) is 1. The van der Waals surface area contributed by atoms with Crippen molar-refractivity contribution in [2.75, 3.05) is 13.2 Å². The lowest BCUT2D eigenvalue weighted by Gasteiger charge is -2.25. The molecule has 1 aliphatic carbocycles. The highest BCUT2D eigenvalue weighted by Gasteiger charge is 2.28. The van der Waals surface area contributed by atoms with Gasteiger partial charge in [0.15, 0.2) is 0 Å². The lowest BCUT2D eigenvalue weighted by Crippen LogP contribution is -2.17. The van der Waals surface area contributed by atoms with Crippen LogP contribution in [0.5, 0.6) is 11.8 Å². The summed E-state index contributed by atoms with van der Waals surface area (Å²) in [6.07, 6.45) is 8.42. The van der Waals surface area contributed by atoms with Crippen LogP contribution in [0.1, 0.15) is 76.3 Å². The molecule has 0 aliphatic heterocycles. The Morgan fingerprint density at radius 2 is 1.91 bits per heavy atom. The third kappa shape index (κ3) is 5.69. The molecule has 0 spiro atoms. The Balaban J connectivity index is 1.32. The first-order valence-electron chi connectivity index (χ1n) is 12.3. The van der Waals surface area contributed by atoms with Crippen LogP contribution in [0.3, 0.4) is 0 Å². The quantitative estimate of drug-likeness (QED) is 0.404. The van der Waals surface area contributed by atoms with Gasteiger partial charge < -0.3 is 13.9 Å². The molecule has 1 unspecified atom stereocenters. The topological polar surface area (TPSA) is 94.4 Å². The summed E-state index contributed by atoms with van der Waals surface area (Å²) in [5, 5.41) is 0.276. The van der Waals surface area contributed by atoms with E-state index >= 15 is 0 Å². The van der Waals surface area contributed by atoms with Gasteiger partial charge in [-0.25, -0.2) is 4.79 Å². The van der Waals surface area contributed by atoms with E-state index in [4.69, 9.17) is 13.9 Å². The van der Waals surface area contributed by atoms with Crippen molar-refractivity contribution in [3.05, 3.63) is 62.2 Å². The molecule has 7 heteroatoms. The van der Waals surface area contributed by atoms with Crippen LogP contribution >= 0.6 is 0 Å². The number of ether oxygens (including phenoxy) is 2. The molecule has 182 valence electrons. The summed E-state index contributed by atoms with van der Waals surface area (Å²) >= 11 is 0. The van der Waals surface area contributed by atoms with Crippen LogP contribution in [0.25, 0.3) is 11.1 Å². The first-order valence-corrected chi connectivity index (χ1v) is 12.3. The second kappa shape index (κ2) is 10.5. The van der Waals surface area contributed by atoms with Gasteiger partial charge in [-0.05, 0) is 66.7 Å². The van der Waals surface area contributed by atoms with Crippen LogP contribution in [-0.2, 0) is 6.42 Å². The van der Waals surface area contributed by atoms with Crippen LogP contribution in [0.15, 0.2) is 44.3 Å². The number of fused-ring (bicyclic) bond motifs is 1. The SMILES string of the molecule is CCc1cc(=O)oc2nc(OCCOc3cccc(C(C)CCC4(C)CCCC4)c3)[nH]c(=O)c12. The van der Waals surface area contributed by atoms with E-state index in [1.807, 2.05) is 19.1 Å². The predicted molar refractivity (Wildman–Crippen MR) is 132 cm³/mol. The molecular weight excluding hydrogens is 432 g/mol. The highest BCUT2D eigenvalue weighted by atomic mass is 16.5. The van der Waals surface area contributed by atoms with Crippen molar-refractivity contribution in [1.82, 2.24) is 9.97 Å². The van der Waals surface area contributed by atoms with Crippen molar-refractivity contribution >= 4 is 11.1 Å². The van der Waals surface area contributed by atoms with E-state index < -0.39 is 11.2 Å². The minimum Gasteiger partial charge on any atom is -0.490 e. The zero-order valence-electron chi connectivity index (χ0n) is 20.3. The summed E-state index contributed by atoms with van der Waals surface area (Å²) in [5.41, 5.74) is 1.44. The molecule has 1 aliphatic rings. The van der Waals surface area contributed by atoms with E-state index in [-0.39, 0.29) is 30.3 Å². The number of aromatic amines is 1. The fraction of sp³-hybridized carbons (Fsp3) is 0.519. The molecule has 1 fully saturated rings. The molecule has 0 radical (unpaired) electrons. The first kappa shape index (κ1) is 24.0. The Labute approximate surface area is 199 Å². The first-order chi connectivity index (χ1) is 16.4. The molecule has 0 bridgehead atoms. The minimum absolute atomic E-state index is 0.000263. The van der Waals surface area contributed by atoms with E-state index in [0.29, 0.717) is 23.3 Å². The van der Waals surface area contributed by atoms with Gasteiger partial charge >= 0.3 is 5.63 Å². The van der Waals surface area contributed by atoms with E-state index in [2.05, 4.69) is 35.9 Å². The monoisotopic (exact) mass is 466 g/mol. The second-order valence-electron chi connectivity index (χ2n) is 9.72. The molecular formula is C27H34N2O5. The molecule has 1 saturated carbocycles. The Hall–Kier alpha value is -3.09. The van der Waals surface area contributed by atoms with E-state index in [1.165, 1.54) is 50.2 Å². The molecule has 1 aromatic carbocycles. The van der Waals surface area contributed by atoms with Crippen LogP contribution in [-0.4, -0.2) is 23.2 Å². The van der Waals surface area contributed by atoms with Gasteiger partial charge in [0.1, 0.15) is 24.3 Å². The predicted octanol–water partition coefficient (Wildman–Crippen LogP) is 5.36.